The summed E-state index contributed by atoms with van der Waals surface area (Å²) < 4.78 is 3.88. The Morgan fingerprint density at radius 2 is 2.31 bits per heavy atom. The molecule has 0 radical (unpaired) electrons. The average Bonchev–Trinajstić information content (AvgIpc) is 2.71. The molecular formula is C10H18O5S. The van der Waals surface area contributed by atoms with Crippen LogP contribution in [0.25, 0.3) is 0 Å². The van der Waals surface area contributed by atoms with Crippen molar-refractivity contribution in [1.29, 1.82) is 0 Å². The van der Waals surface area contributed by atoms with Gasteiger partial charge in [0.15, 0.2) is 0 Å². The Morgan fingerprint density at radius 1 is 1.69 bits per heavy atom. The molecule has 1 heterocycles. The van der Waals surface area contributed by atoms with Crippen molar-refractivity contribution in [3.63, 3.8) is 0 Å². The molecule has 0 aromatic rings. The Bertz CT molecular complexity index is 252. The Hall–Kier alpha value is -0.300. The summed E-state index contributed by atoms with van der Waals surface area (Å²) in [6.07, 6.45) is 2.87. The number of carboxylic acids is 1. The predicted octanol–water partition coefficient (Wildman–Crippen LogP) is -2.11. The normalized spacial score (nSPS) is 26.7. The molecule has 1 aliphatic heterocycles. The van der Waals surface area contributed by atoms with Gasteiger partial charge >= 0.3 is 0 Å². The summed E-state index contributed by atoms with van der Waals surface area (Å²) in [4.78, 5) is 11.4. The average molecular weight is 250 g/mol. The molecule has 3 unspecified atom stereocenters. The van der Waals surface area contributed by atoms with Gasteiger partial charge in [0.2, 0.25) is 4.75 Å². The Labute approximate surface area is 97.8 Å². The first kappa shape index (κ1) is 13.8. The van der Waals surface area contributed by atoms with E-state index in [1.807, 2.05) is 0 Å². The topological polar surface area (TPSA) is 89.8 Å². The van der Waals surface area contributed by atoms with E-state index >= 15 is 0 Å². The van der Waals surface area contributed by atoms with E-state index in [4.69, 9.17) is 9.84 Å². The van der Waals surface area contributed by atoms with Gasteiger partial charge in [-0.05, 0) is 23.7 Å². The largest absolute Gasteiger partial charge is 0.544 e. The first-order valence-corrected chi connectivity index (χ1v) is 7.21. The first-order valence-electron chi connectivity index (χ1n) is 5.17. The van der Waals surface area contributed by atoms with Crippen molar-refractivity contribution < 1.29 is 24.9 Å². The van der Waals surface area contributed by atoms with Crippen molar-refractivity contribution >= 4 is 16.9 Å². The number of aliphatic hydroxyl groups is 2. The highest BCUT2D eigenvalue weighted by Crippen LogP contribution is 2.33. The maximum atomic E-state index is 11.4. The summed E-state index contributed by atoms with van der Waals surface area (Å²) in [5, 5.41) is 30.3. The molecule has 0 aliphatic carbocycles. The van der Waals surface area contributed by atoms with E-state index in [-0.39, 0.29) is 0 Å². The van der Waals surface area contributed by atoms with Crippen LogP contribution in [0.5, 0.6) is 0 Å². The fourth-order valence-electron chi connectivity index (χ4n) is 2.24. The van der Waals surface area contributed by atoms with E-state index in [9.17, 15) is 15.0 Å². The predicted molar refractivity (Wildman–Crippen MR) is 59.0 cm³/mol. The second-order valence-corrected chi connectivity index (χ2v) is 6.41. The SMILES string of the molecule is C[S+](C)C(C(=O)[O-])(C(O)CO)C1CCCO1. The summed E-state index contributed by atoms with van der Waals surface area (Å²) >= 11 is 0. The number of hydrogen-bond donors (Lipinski definition) is 2. The molecule has 94 valence electrons. The van der Waals surface area contributed by atoms with Gasteiger partial charge in [-0.2, -0.15) is 0 Å². The van der Waals surface area contributed by atoms with Gasteiger partial charge in [-0.25, -0.2) is 0 Å². The van der Waals surface area contributed by atoms with Gasteiger partial charge < -0.3 is 24.9 Å². The standard InChI is InChI=1S/C10H18O5S/c1-16(2)10(9(13)14,7(12)6-11)8-4-3-5-15-8/h7-8,11-12H,3-6H2,1-2H3. The van der Waals surface area contributed by atoms with Crippen LogP contribution in [0.3, 0.4) is 0 Å². The molecule has 0 saturated carbocycles. The molecule has 0 spiro atoms. The lowest BCUT2D eigenvalue weighted by Crippen LogP contribution is -2.67. The van der Waals surface area contributed by atoms with Crippen molar-refractivity contribution in [3.8, 4) is 0 Å². The van der Waals surface area contributed by atoms with E-state index < -0.39 is 40.4 Å². The van der Waals surface area contributed by atoms with Gasteiger partial charge in [-0.15, -0.1) is 0 Å². The zero-order chi connectivity index (χ0) is 12.3. The number of hydrogen-bond acceptors (Lipinski definition) is 5. The maximum Gasteiger partial charge on any atom is 0.220 e. The van der Waals surface area contributed by atoms with E-state index in [0.717, 1.165) is 6.42 Å². The summed E-state index contributed by atoms with van der Waals surface area (Å²) in [5.41, 5.74) is 0. The Kier molecular flexibility index (Phi) is 4.61. The van der Waals surface area contributed by atoms with Gasteiger partial charge in [0, 0.05) is 6.61 Å². The van der Waals surface area contributed by atoms with E-state index in [1.54, 1.807) is 12.5 Å². The molecule has 6 heteroatoms. The molecule has 1 saturated heterocycles. The van der Waals surface area contributed by atoms with Crippen LogP contribution in [-0.4, -0.2) is 58.9 Å². The number of aliphatic carboxylic acids is 1. The van der Waals surface area contributed by atoms with Gasteiger partial charge in [0.25, 0.3) is 0 Å². The molecule has 0 aromatic heterocycles. The minimum absolute atomic E-state index is 0.495. The molecule has 2 N–H and O–H groups in total. The number of carbonyl (C=O) groups is 1. The van der Waals surface area contributed by atoms with E-state index in [2.05, 4.69) is 0 Å². The lowest BCUT2D eigenvalue weighted by atomic mass is 9.93. The van der Waals surface area contributed by atoms with Gasteiger partial charge in [-0.1, -0.05) is 0 Å². The van der Waals surface area contributed by atoms with Crippen LogP contribution in [0.4, 0.5) is 0 Å². The quantitative estimate of drug-likeness (QED) is 0.545. The molecule has 5 nitrogen and oxygen atoms in total. The second-order valence-electron chi connectivity index (χ2n) is 4.10. The van der Waals surface area contributed by atoms with Gasteiger partial charge in [-0.3, -0.25) is 0 Å². The minimum Gasteiger partial charge on any atom is -0.544 e. The summed E-state index contributed by atoms with van der Waals surface area (Å²) in [7, 11) is -0.659. The molecule has 3 atom stereocenters. The number of aliphatic hydroxyl groups excluding tert-OH is 2. The number of rotatable bonds is 5. The first-order chi connectivity index (χ1) is 7.47. The third-order valence-electron chi connectivity index (χ3n) is 3.07. The molecule has 1 fully saturated rings. The zero-order valence-corrected chi connectivity index (χ0v) is 10.3. The Balaban J connectivity index is 3.09. The lowest BCUT2D eigenvalue weighted by Gasteiger charge is -2.38. The third kappa shape index (κ3) is 2.07. The second kappa shape index (κ2) is 5.35. The highest BCUT2D eigenvalue weighted by atomic mass is 32.2. The third-order valence-corrected chi connectivity index (χ3v) is 5.12. The van der Waals surface area contributed by atoms with Crippen LogP contribution in [-0.2, 0) is 20.4 Å². The van der Waals surface area contributed by atoms with Crippen LogP contribution < -0.4 is 5.11 Å². The number of ether oxygens (including phenoxy) is 1. The van der Waals surface area contributed by atoms with Crippen LogP contribution in [0.2, 0.25) is 0 Å². The molecule has 1 rings (SSSR count). The maximum absolute atomic E-state index is 11.4. The molecular weight excluding hydrogens is 232 g/mol. The highest BCUT2D eigenvalue weighted by molar-refractivity contribution is 7.97. The van der Waals surface area contributed by atoms with Crippen LogP contribution in [0.1, 0.15) is 12.8 Å². The van der Waals surface area contributed by atoms with Crippen molar-refractivity contribution in [2.75, 3.05) is 25.7 Å². The minimum atomic E-state index is -1.49. The monoisotopic (exact) mass is 250 g/mol. The fourth-order valence-corrected chi connectivity index (χ4v) is 3.90. The molecule has 0 aromatic carbocycles. The van der Waals surface area contributed by atoms with Crippen molar-refractivity contribution in [3.05, 3.63) is 0 Å². The van der Waals surface area contributed by atoms with Crippen molar-refractivity contribution in [2.24, 2.45) is 0 Å². The molecule has 0 amide bonds. The van der Waals surface area contributed by atoms with Crippen molar-refractivity contribution in [1.82, 2.24) is 0 Å². The Morgan fingerprint density at radius 3 is 2.62 bits per heavy atom. The van der Waals surface area contributed by atoms with Crippen LogP contribution >= 0.6 is 0 Å². The van der Waals surface area contributed by atoms with Crippen LogP contribution in [0.15, 0.2) is 0 Å². The zero-order valence-electron chi connectivity index (χ0n) is 9.51. The summed E-state index contributed by atoms with van der Waals surface area (Å²) in [6.45, 7) is -0.103. The molecule has 0 bridgehead atoms. The number of carboxylic acid groups (broad SMARTS) is 1. The smallest absolute Gasteiger partial charge is 0.220 e. The van der Waals surface area contributed by atoms with Crippen LogP contribution in [0, 0.1) is 0 Å². The highest BCUT2D eigenvalue weighted by Gasteiger charge is 2.58. The molecule has 16 heavy (non-hydrogen) atoms. The molecule has 1 aliphatic rings. The van der Waals surface area contributed by atoms with E-state index in [1.165, 1.54) is 0 Å². The van der Waals surface area contributed by atoms with Gasteiger partial charge in [0.1, 0.15) is 18.2 Å². The van der Waals surface area contributed by atoms with E-state index in [0.29, 0.717) is 13.0 Å². The lowest BCUT2D eigenvalue weighted by molar-refractivity contribution is -0.314. The summed E-state index contributed by atoms with van der Waals surface area (Å²) in [5.74, 6) is -1.34. The number of carbonyl (C=O) groups excluding carboxylic acids is 1. The fraction of sp³-hybridized carbons (Fsp3) is 0.900. The van der Waals surface area contributed by atoms with Crippen molar-refractivity contribution in [2.45, 2.75) is 29.8 Å². The summed E-state index contributed by atoms with van der Waals surface area (Å²) in [6, 6.07) is 0. The van der Waals surface area contributed by atoms with Gasteiger partial charge in [0.05, 0.1) is 19.1 Å².